The van der Waals surface area contributed by atoms with Gasteiger partial charge in [0.15, 0.2) is 5.03 Å². The van der Waals surface area contributed by atoms with E-state index in [1.54, 1.807) is 7.05 Å². The highest BCUT2D eigenvalue weighted by atomic mass is 32.2. The van der Waals surface area contributed by atoms with Crippen molar-refractivity contribution in [3.63, 3.8) is 0 Å². The van der Waals surface area contributed by atoms with E-state index in [9.17, 15) is 8.42 Å². The van der Waals surface area contributed by atoms with Crippen molar-refractivity contribution in [2.24, 2.45) is 17.6 Å². The van der Waals surface area contributed by atoms with Crippen molar-refractivity contribution < 1.29 is 8.42 Å². The Hall–Kier alpha value is -0.920. The smallest absolute Gasteiger partial charge is 0.260 e. The van der Waals surface area contributed by atoms with E-state index in [1.807, 2.05) is 0 Å². The molecule has 2 unspecified atom stereocenters. The van der Waals surface area contributed by atoms with Gasteiger partial charge in [0.25, 0.3) is 10.0 Å². The van der Waals surface area contributed by atoms with Gasteiger partial charge in [-0.05, 0) is 18.3 Å². The molecule has 0 amide bonds. The molecule has 1 aliphatic carbocycles. The third-order valence-electron chi connectivity index (χ3n) is 3.33. The first-order valence-corrected chi connectivity index (χ1v) is 7.09. The molecule has 1 fully saturated rings. The molecule has 1 aromatic heterocycles. The van der Waals surface area contributed by atoms with Gasteiger partial charge in [0.05, 0.1) is 6.20 Å². The lowest BCUT2D eigenvalue weighted by Crippen LogP contribution is -2.30. The van der Waals surface area contributed by atoms with Crippen LogP contribution in [0.2, 0.25) is 0 Å². The molecule has 1 aromatic rings. The molecule has 6 nitrogen and oxygen atoms in total. The molecule has 0 bridgehead atoms. The van der Waals surface area contributed by atoms with Crippen molar-refractivity contribution in [3.8, 4) is 0 Å². The van der Waals surface area contributed by atoms with E-state index >= 15 is 0 Å². The largest absolute Gasteiger partial charge is 0.326 e. The van der Waals surface area contributed by atoms with Gasteiger partial charge in [0.1, 0.15) is 0 Å². The summed E-state index contributed by atoms with van der Waals surface area (Å²) >= 11 is 0. The van der Waals surface area contributed by atoms with Crippen LogP contribution in [0.5, 0.6) is 0 Å². The van der Waals surface area contributed by atoms with Gasteiger partial charge in [-0.2, -0.15) is 9.40 Å². The molecular formula is C10H18N4O2S. The number of H-pyrrole nitrogens is 1. The summed E-state index contributed by atoms with van der Waals surface area (Å²) in [4.78, 5) is 0. The topological polar surface area (TPSA) is 92.1 Å². The van der Waals surface area contributed by atoms with Crippen LogP contribution in [0, 0.1) is 11.8 Å². The predicted molar refractivity (Wildman–Crippen MR) is 63.6 cm³/mol. The fourth-order valence-electron chi connectivity index (χ4n) is 1.91. The molecule has 7 heteroatoms. The number of nitrogens with two attached hydrogens (primary N) is 1. The summed E-state index contributed by atoms with van der Waals surface area (Å²) in [6, 6.07) is 0. The Morgan fingerprint density at radius 1 is 1.65 bits per heavy atom. The second-order valence-electron chi connectivity index (χ2n) is 4.69. The van der Waals surface area contributed by atoms with Crippen LogP contribution in [-0.2, 0) is 16.6 Å². The molecule has 2 rings (SSSR count). The Morgan fingerprint density at radius 3 is 2.82 bits per heavy atom. The monoisotopic (exact) mass is 258 g/mol. The average Bonchev–Trinajstić information content (AvgIpc) is 2.83. The number of nitrogens with zero attached hydrogens (tertiary/aromatic N) is 2. The first-order valence-electron chi connectivity index (χ1n) is 5.65. The minimum atomic E-state index is -3.48. The van der Waals surface area contributed by atoms with Gasteiger partial charge < -0.3 is 5.73 Å². The highest BCUT2D eigenvalue weighted by Gasteiger charge is 2.36. The second-order valence-corrected chi connectivity index (χ2v) is 6.67. The van der Waals surface area contributed by atoms with E-state index in [1.165, 1.54) is 10.5 Å². The van der Waals surface area contributed by atoms with E-state index < -0.39 is 10.0 Å². The molecule has 17 heavy (non-hydrogen) atoms. The molecule has 0 radical (unpaired) electrons. The fraction of sp³-hybridized carbons (Fsp3) is 0.700. The number of hydrogen-bond donors (Lipinski definition) is 2. The molecule has 1 saturated carbocycles. The zero-order chi connectivity index (χ0) is 12.6. The highest BCUT2D eigenvalue weighted by Crippen LogP contribution is 2.38. The Labute approximate surface area is 101 Å². The van der Waals surface area contributed by atoms with E-state index in [4.69, 9.17) is 5.73 Å². The third kappa shape index (κ3) is 2.36. The SMILES string of the molecule is CC1CC1CN(C)S(=O)(=O)c1[nH]ncc1CN. The maximum absolute atomic E-state index is 12.2. The van der Waals surface area contributed by atoms with Gasteiger partial charge in [-0.1, -0.05) is 6.92 Å². The summed E-state index contributed by atoms with van der Waals surface area (Å²) in [5.41, 5.74) is 6.01. The van der Waals surface area contributed by atoms with Crippen molar-refractivity contribution in [1.29, 1.82) is 0 Å². The second kappa shape index (κ2) is 4.40. The molecule has 1 aliphatic rings. The molecule has 3 N–H and O–H groups in total. The molecule has 1 heterocycles. The van der Waals surface area contributed by atoms with Crippen molar-refractivity contribution in [3.05, 3.63) is 11.8 Å². The zero-order valence-corrected chi connectivity index (χ0v) is 10.9. The van der Waals surface area contributed by atoms with Crippen molar-refractivity contribution in [2.75, 3.05) is 13.6 Å². The maximum Gasteiger partial charge on any atom is 0.260 e. The van der Waals surface area contributed by atoms with Gasteiger partial charge >= 0.3 is 0 Å². The standard InChI is InChI=1S/C10H18N4O2S/c1-7-3-8(7)6-14(2)17(15,16)10-9(4-11)5-12-13-10/h5,7-8H,3-4,6,11H2,1-2H3,(H,12,13). The van der Waals surface area contributed by atoms with Crippen LogP contribution in [0.25, 0.3) is 0 Å². The van der Waals surface area contributed by atoms with Crippen LogP contribution in [-0.4, -0.2) is 36.5 Å². The summed E-state index contributed by atoms with van der Waals surface area (Å²) in [5, 5.41) is 6.38. The van der Waals surface area contributed by atoms with Crippen LogP contribution in [0.3, 0.4) is 0 Å². The zero-order valence-electron chi connectivity index (χ0n) is 10.0. The average molecular weight is 258 g/mol. The van der Waals surface area contributed by atoms with Gasteiger partial charge in [-0.15, -0.1) is 0 Å². The molecule has 2 atom stereocenters. The van der Waals surface area contributed by atoms with Crippen LogP contribution < -0.4 is 5.73 Å². The lowest BCUT2D eigenvalue weighted by atomic mass is 10.3. The molecule has 96 valence electrons. The molecule has 0 spiro atoms. The Kier molecular flexibility index (Phi) is 3.24. The van der Waals surface area contributed by atoms with E-state index in [2.05, 4.69) is 17.1 Å². The number of aromatic nitrogens is 2. The minimum absolute atomic E-state index is 0.121. The van der Waals surface area contributed by atoms with Crippen molar-refractivity contribution in [1.82, 2.24) is 14.5 Å². The van der Waals surface area contributed by atoms with Crippen LogP contribution in [0.4, 0.5) is 0 Å². The lowest BCUT2D eigenvalue weighted by molar-refractivity contribution is 0.441. The van der Waals surface area contributed by atoms with E-state index in [0.29, 0.717) is 23.9 Å². The third-order valence-corrected chi connectivity index (χ3v) is 5.17. The summed E-state index contributed by atoms with van der Waals surface area (Å²) < 4.78 is 25.9. The summed E-state index contributed by atoms with van der Waals surface area (Å²) in [5.74, 6) is 1.11. The van der Waals surface area contributed by atoms with Crippen LogP contribution in [0.15, 0.2) is 11.2 Å². The van der Waals surface area contributed by atoms with Gasteiger partial charge in [-0.25, -0.2) is 8.42 Å². The maximum atomic E-state index is 12.2. The lowest BCUT2D eigenvalue weighted by Gasteiger charge is -2.16. The number of nitrogens with one attached hydrogen (secondary N) is 1. The fourth-order valence-corrected chi connectivity index (χ4v) is 3.24. The summed E-state index contributed by atoms with van der Waals surface area (Å²) in [6.07, 6.45) is 2.56. The van der Waals surface area contributed by atoms with E-state index in [-0.39, 0.29) is 11.6 Å². The first-order chi connectivity index (χ1) is 7.96. The summed E-state index contributed by atoms with van der Waals surface area (Å²) in [6.45, 7) is 2.86. The van der Waals surface area contributed by atoms with Gasteiger partial charge in [0.2, 0.25) is 0 Å². The van der Waals surface area contributed by atoms with Crippen LogP contribution >= 0.6 is 0 Å². The Balaban J connectivity index is 2.17. The van der Waals surface area contributed by atoms with Crippen molar-refractivity contribution in [2.45, 2.75) is 24.9 Å². The minimum Gasteiger partial charge on any atom is -0.326 e. The van der Waals surface area contributed by atoms with Gasteiger partial charge in [-0.3, -0.25) is 5.10 Å². The summed E-state index contributed by atoms with van der Waals surface area (Å²) in [7, 11) is -1.88. The Bertz CT molecular complexity index is 496. The van der Waals surface area contributed by atoms with Crippen molar-refractivity contribution >= 4 is 10.0 Å². The number of rotatable bonds is 5. The number of hydrogen-bond acceptors (Lipinski definition) is 4. The first kappa shape index (κ1) is 12.5. The quantitative estimate of drug-likeness (QED) is 0.786. The molecule has 0 saturated heterocycles. The molecular weight excluding hydrogens is 240 g/mol. The molecule has 0 aromatic carbocycles. The Morgan fingerprint density at radius 2 is 2.29 bits per heavy atom. The van der Waals surface area contributed by atoms with Gasteiger partial charge in [0, 0.05) is 25.7 Å². The highest BCUT2D eigenvalue weighted by molar-refractivity contribution is 7.89. The molecule has 0 aliphatic heterocycles. The van der Waals surface area contributed by atoms with Crippen LogP contribution in [0.1, 0.15) is 18.9 Å². The number of sulfonamides is 1. The van der Waals surface area contributed by atoms with E-state index in [0.717, 1.165) is 6.42 Å². The number of aromatic amines is 1. The predicted octanol–water partition coefficient (Wildman–Crippen LogP) is 0.145. The normalized spacial score (nSPS) is 24.2.